The van der Waals surface area contributed by atoms with Crippen LogP contribution >= 0.6 is 23.2 Å². The van der Waals surface area contributed by atoms with Crippen molar-refractivity contribution in [3.8, 4) is 5.69 Å². The largest absolute Gasteiger partial charge is 0.400 e. The average molecular weight is 444 g/mol. The molecule has 4 rings (SSSR count). The predicted molar refractivity (Wildman–Crippen MR) is 99.3 cm³/mol. The van der Waals surface area contributed by atoms with Crippen LogP contribution in [0.1, 0.15) is 17.5 Å². The Morgan fingerprint density at radius 2 is 1.76 bits per heavy atom. The number of tetrazole rings is 1. The van der Waals surface area contributed by atoms with Crippen molar-refractivity contribution < 1.29 is 17.6 Å². The van der Waals surface area contributed by atoms with Gasteiger partial charge in [-0.05, 0) is 46.7 Å². The number of hydrogen-bond acceptors (Lipinski definition) is 4. The number of alkyl halides is 3. The Labute approximate surface area is 172 Å². The van der Waals surface area contributed by atoms with Gasteiger partial charge in [0.05, 0.1) is 6.54 Å². The van der Waals surface area contributed by atoms with Gasteiger partial charge in [-0.1, -0.05) is 29.3 Å². The summed E-state index contributed by atoms with van der Waals surface area (Å²) in [6.45, 7) is -0.545. The first-order valence-corrected chi connectivity index (χ1v) is 9.05. The zero-order chi connectivity index (χ0) is 20.8. The van der Waals surface area contributed by atoms with Crippen molar-refractivity contribution in [1.82, 2.24) is 20.2 Å². The molecular formula is C18H11Cl2F4N5. The highest BCUT2D eigenvalue weighted by molar-refractivity contribution is 6.34. The molecular weight excluding hydrogens is 433 g/mol. The normalized spacial score (nSPS) is 19.4. The highest BCUT2D eigenvalue weighted by Crippen LogP contribution is 2.48. The molecule has 2 heterocycles. The van der Waals surface area contributed by atoms with Gasteiger partial charge in [0.25, 0.3) is 0 Å². The second kappa shape index (κ2) is 7.07. The summed E-state index contributed by atoms with van der Waals surface area (Å²) in [4.78, 5) is 5.06. The summed E-state index contributed by atoms with van der Waals surface area (Å²) in [6, 6.07) is 7.77. The number of aromatic nitrogens is 4. The second-order valence-electron chi connectivity index (χ2n) is 6.57. The number of aliphatic imine (C=N–C) groups is 1. The molecule has 1 unspecified atom stereocenters. The monoisotopic (exact) mass is 443 g/mol. The van der Waals surface area contributed by atoms with Crippen molar-refractivity contribution in [3.05, 3.63) is 69.7 Å². The fourth-order valence-corrected chi connectivity index (χ4v) is 3.85. The topological polar surface area (TPSA) is 56.0 Å². The molecule has 0 bridgehead atoms. The first-order chi connectivity index (χ1) is 13.7. The number of nitrogens with zero attached hydrogens (tertiary/aromatic N) is 5. The zero-order valence-electron chi connectivity index (χ0n) is 14.5. The van der Waals surface area contributed by atoms with Crippen LogP contribution < -0.4 is 0 Å². The van der Waals surface area contributed by atoms with E-state index in [0.717, 1.165) is 17.2 Å². The van der Waals surface area contributed by atoms with Gasteiger partial charge in [0.1, 0.15) is 11.1 Å². The molecule has 1 aromatic heterocycles. The molecule has 150 valence electrons. The minimum absolute atomic E-state index is 0.0218. The van der Waals surface area contributed by atoms with E-state index in [2.05, 4.69) is 20.4 Å². The summed E-state index contributed by atoms with van der Waals surface area (Å²) in [5.74, 6) is -0.710. The Bertz CT molecular complexity index is 1080. The van der Waals surface area contributed by atoms with Crippen LogP contribution in [0.2, 0.25) is 10.0 Å². The van der Waals surface area contributed by atoms with Crippen molar-refractivity contribution in [1.29, 1.82) is 0 Å². The first-order valence-electron chi connectivity index (χ1n) is 8.29. The van der Waals surface area contributed by atoms with Crippen molar-refractivity contribution in [2.75, 3.05) is 6.54 Å². The molecule has 5 nitrogen and oxygen atoms in total. The van der Waals surface area contributed by atoms with E-state index in [9.17, 15) is 17.6 Å². The molecule has 11 heteroatoms. The predicted octanol–water partition coefficient (Wildman–Crippen LogP) is 4.80. The van der Waals surface area contributed by atoms with E-state index in [4.69, 9.17) is 23.2 Å². The van der Waals surface area contributed by atoms with Gasteiger partial charge in [0.15, 0.2) is 12.1 Å². The molecule has 1 aliphatic heterocycles. The fourth-order valence-electron chi connectivity index (χ4n) is 3.32. The van der Waals surface area contributed by atoms with Crippen molar-refractivity contribution in [2.45, 2.75) is 18.0 Å². The highest BCUT2D eigenvalue weighted by atomic mass is 35.5. The fraction of sp³-hybridized carbons (Fsp3) is 0.222. The van der Waals surface area contributed by atoms with Crippen LogP contribution in [-0.4, -0.2) is 38.6 Å². The highest BCUT2D eigenvalue weighted by Gasteiger charge is 2.58. The van der Waals surface area contributed by atoms with Crippen molar-refractivity contribution in [3.63, 3.8) is 0 Å². The van der Waals surface area contributed by atoms with Crippen LogP contribution in [0, 0.1) is 5.82 Å². The summed E-state index contributed by atoms with van der Waals surface area (Å²) in [5, 5.41) is 11.0. The van der Waals surface area contributed by atoms with Gasteiger partial charge in [0, 0.05) is 22.2 Å². The Morgan fingerprint density at radius 3 is 2.34 bits per heavy atom. The molecule has 0 fully saturated rings. The number of benzene rings is 2. The van der Waals surface area contributed by atoms with Crippen LogP contribution in [0.4, 0.5) is 17.6 Å². The lowest BCUT2D eigenvalue weighted by atomic mass is 9.76. The maximum atomic E-state index is 14.5. The standard InChI is InChI=1S/C18H11Cl2F4N5/c19-12-4-11(5-13(20)6-12)17(18(22,23)24)7-15(25-8-17)10-1-2-16(14(21)3-10)29-27-9-26-28-29/h1-6,9H,7-8H2. The van der Waals surface area contributed by atoms with E-state index in [1.54, 1.807) is 0 Å². The molecule has 1 aliphatic rings. The molecule has 0 aliphatic carbocycles. The SMILES string of the molecule is Fc1cc(C2=NCC(c3cc(Cl)cc(Cl)c3)(C(F)(F)F)C2)ccc1-n1ncnn1. The Hall–Kier alpha value is -2.52. The van der Waals surface area contributed by atoms with E-state index in [0.29, 0.717) is 0 Å². The molecule has 29 heavy (non-hydrogen) atoms. The van der Waals surface area contributed by atoms with Crippen LogP contribution in [0.3, 0.4) is 0 Å². The lowest BCUT2D eigenvalue weighted by Crippen LogP contribution is -2.43. The van der Waals surface area contributed by atoms with E-state index in [-0.39, 0.29) is 32.6 Å². The van der Waals surface area contributed by atoms with Crippen LogP contribution in [0.5, 0.6) is 0 Å². The summed E-state index contributed by atoms with van der Waals surface area (Å²) < 4.78 is 56.9. The average Bonchev–Trinajstić information content (AvgIpc) is 3.31. The summed E-state index contributed by atoms with van der Waals surface area (Å²) in [6.07, 6.45) is -3.94. The third kappa shape index (κ3) is 3.49. The van der Waals surface area contributed by atoms with Gasteiger partial charge in [0.2, 0.25) is 0 Å². The van der Waals surface area contributed by atoms with Crippen LogP contribution in [0.15, 0.2) is 47.7 Å². The van der Waals surface area contributed by atoms with Crippen molar-refractivity contribution in [2.24, 2.45) is 4.99 Å². The minimum Gasteiger partial charge on any atom is -0.288 e. The molecule has 0 spiro atoms. The number of hydrogen-bond donors (Lipinski definition) is 0. The Morgan fingerprint density at radius 1 is 1.03 bits per heavy atom. The quantitative estimate of drug-likeness (QED) is 0.546. The third-order valence-electron chi connectivity index (χ3n) is 4.81. The third-order valence-corrected chi connectivity index (χ3v) is 5.25. The minimum atomic E-state index is -4.62. The van der Waals surface area contributed by atoms with Gasteiger partial charge in [-0.25, -0.2) is 4.39 Å². The molecule has 3 aromatic rings. The number of halogens is 6. The molecule has 0 amide bonds. The maximum absolute atomic E-state index is 14.5. The Kier molecular flexibility index (Phi) is 4.82. The van der Waals surface area contributed by atoms with E-state index in [1.807, 2.05) is 0 Å². The van der Waals surface area contributed by atoms with Gasteiger partial charge in [-0.3, -0.25) is 4.99 Å². The first kappa shape index (κ1) is 19.8. The molecule has 0 N–H and O–H groups in total. The Balaban J connectivity index is 1.71. The van der Waals surface area contributed by atoms with E-state index in [1.165, 1.54) is 30.3 Å². The summed E-state index contributed by atoms with van der Waals surface area (Å²) in [5.41, 5.74) is -1.97. The molecule has 2 aromatic carbocycles. The lowest BCUT2D eigenvalue weighted by Gasteiger charge is -2.31. The maximum Gasteiger partial charge on any atom is 0.400 e. The van der Waals surface area contributed by atoms with Crippen LogP contribution in [-0.2, 0) is 5.41 Å². The van der Waals surface area contributed by atoms with Gasteiger partial charge in [-0.15, -0.1) is 15.0 Å². The van der Waals surface area contributed by atoms with Crippen LogP contribution in [0.25, 0.3) is 5.69 Å². The molecule has 0 radical (unpaired) electrons. The molecule has 0 saturated heterocycles. The summed E-state index contributed by atoms with van der Waals surface area (Å²) >= 11 is 11.8. The van der Waals surface area contributed by atoms with E-state index < -0.39 is 30.4 Å². The van der Waals surface area contributed by atoms with Gasteiger partial charge in [-0.2, -0.15) is 13.2 Å². The molecule has 1 atom stereocenters. The van der Waals surface area contributed by atoms with E-state index >= 15 is 0 Å². The number of rotatable bonds is 3. The lowest BCUT2D eigenvalue weighted by molar-refractivity contribution is -0.183. The smallest absolute Gasteiger partial charge is 0.288 e. The summed E-state index contributed by atoms with van der Waals surface area (Å²) in [7, 11) is 0. The zero-order valence-corrected chi connectivity index (χ0v) is 16.0. The van der Waals surface area contributed by atoms with Crippen molar-refractivity contribution >= 4 is 28.9 Å². The van der Waals surface area contributed by atoms with Gasteiger partial charge >= 0.3 is 6.18 Å². The second-order valence-corrected chi connectivity index (χ2v) is 7.44. The molecule has 0 saturated carbocycles. The van der Waals surface area contributed by atoms with Gasteiger partial charge < -0.3 is 0 Å².